The van der Waals surface area contributed by atoms with Crippen molar-refractivity contribution in [3.05, 3.63) is 120 Å². The van der Waals surface area contributed by atoms with Gasteiger partial charge in [-0.15, -0.1) is 0 Å². The molecule has 4 rings (SSSR count). The minimum absolute atomic E-state index is 0.213. The van der Waals surface area contributed by atoms with E-state index in [0.717, 1.165) is 11.5 Å². The monoisotopic (exact) mass is 482 g/mol. The van der Waals surface area contributed by atoms with Crippen molar-refractivity contribution in [2.75, 3.05) is 0 Å². The van der Waals surface area contributed by atoms with Crippen LogP contribution in [0.4, 0.5) is 8.78 Å². The molecule has 0 aliphatic carbocycles. The summed E-state index contributed by atoms with van der Waals surface area (Å²) in [4.78, 5) is 0. The molecule has 0 saturated carbocycles. The largest absolute Gasteiger partial charge is 0.457 e. The number of ether oxygens (including phenoxy) is 2. The fourth-order valence-electron chi connectivity index (χ4n) is 2.65. The molecule has 0 aromatic heterocycles. The third-order valence-electron chi connectivity index (χ3n) is 4.25. The lowest BCUT2D eigenvalue weighted by Crippen LogP contribution is -1.89. The van der Waals surface area contributed by atoms with Crippen LogP contribution >= 0.6 is 15.9 Å². The van der Waals surface area contributed by atoms with E-state index in [4.69, 9.17) is 9.47 Å². The summed E-state index contributed by atoms with van der Waals surface area (Å²) in [5.41, 5.74) is 1.18. The number of hydrogen-bond donors (Lipinski definition) is 0. The predicted molar refractivity (Wildman–Crippen MR) is 123 cm³/mol. The van der Waals surface area contributed by atoms with Gasteiger partial charge in [0.05, 0.1) is 0 Å². The van der Waals surface area contributed by atoms with E-state index >= 15 is 0 Å². The number of hydrogen-bond acceptors (Lipinski definition) is 2. The van der Waals surface area contributed by atoms with Crippen LogP contribution in [-0.2, 0) is 5.33 Å². The van der Waals surface area contributed by atoms with Gasteiger partial charge in [0.1, 0.15) is 34.6 Å². The van der Waals surface area contributed by atoms with Crippen LogP contribution < -0.4 is 9.47 Å². The summed E-state index contributed by atoms with van der Waals surface area (Å²) in [6, 6.07) is 28.3. The molecule has 0 N–H and O–H groups in total. The normalized spacial score (nSPS) is 10.1. The van der Waals surface area contributed by atoms with Gasteiger partial charge in [0.2, 0.25) is 0 Å². The van der Waals surface area contributed by atoms with Crippen LogP contribution in [0.1, 0.15) is 11.1 Å². The van der Waals surface area contributed by atoms with Gasteiger partial charge in [-0.25, -0.2) is 8.78 Å². The van der Waals surface area contributed by atoms with Gasteiger partial charge >= 0.3 is 0 Å². The van der Waals surface area contributed by atoms with E-state index in [2.05, 4.69) is 15.9 Å². The van der Waals surface area contributed by atoms with E-state index in [0.29, 0.717) is 28.0 Å². The summed E-state index contributed by atoms with van der Waals surface area (Å²) < 4.78 is 37.3. The van der Waals surface area contributed by atoms with Gasteiger partial charge in [0.15, 0.2) is 0 Å². The van der Waals surface area contributed by atoms with Crippen LogP contribution in [0.3, 0.4) is 0 Å². The smallest absolute Gasteiger partial charge is 0.127 e. The van der Waals surface area contributed by atoms with Crippen molar-refractivity contribution in [1.29, 1.82) is 0 Å². The minimum atomic E-state index is -0.225. The number of rotatable bonds is 5. The molecule has 0 bridgehead atoms. The molecule has 31 heavy (non-hydrogen) atoms. The lowest BCUT2D eigenvalue weighted by Gasteiger charge is -2.07. The van der Waals surface area contributed by atoms with Crippen LogP contribution in [0, 0.1) is 18.6 Å². The molecule has 0 atom stereocenters. The maximum Gasteiger partial charge on any atom is 0.127 e. The first-order chi connectivity index (χ1) is 15.0. The van der Waals surface area contributed by atoms with Crippen molar-refractivity contribution in [2.24, 2.45) is 0 Å². The molecule has 2 nitrogen and oxygen atoms in total. The zero-order chi connectivity index (χ0) is 22.1. The quantitative estimate of drug-likeness (QED) is 0.265. The molecule has 0 saturated heterocycles. The molecule has 0 fully saturated rings. The highest BCUT2D eigenvalue weighted by molar-refractivity contribution is 9.08. The van der Waals surface area contributed by atoms with Gasteiger partial charge in [-0.05, 0) is 73.2 Å². The van der Waals surface area contributed by atoms with Gasteiger partial charge in [0.25, 0.3) is 0 Å². The molecule has 0 unspecified atom stereocenters. The predicted octanol–water partition coefficient (Wildman–Crippen LogP) is 8.44. The maximum atomic E-state index is 13.2. The Morgan fingerprint density at radius 3 is 1.58 bits per heavy atom. The molecule has 0 aliphatic rings. The summed E-state index contributed by atoms with van der Waals surface area (Å²) in [6.45, 7) is 1.72. The molecule has 4 aromatic rings. The number of aryl methyl sites for hydroxylation is 1. The van der Waals surface area contributed by atoms with Crippen LogP contribution in [0.15, 0.2) is 97.1 Å². The molecule has 158 valence electrons. The van der Waals surface area contributed by atoms with Gasteiger partial charge in [-0.1, -0.05) is 52.3 Å². The number of alkyl halides is 1. The first kappa shape index (κ1) is 22.5. The first-order valence-corrected chi connectivity index (χ1v) is 10.7. The maximum absolute atomic E-state index is 13.2. The van der Waals surface area contributed by atoms with Crippen LogP contribution in [0.5, 0.6) is 23.0 Å². The summed E-state index contributed by atoms with van der Waals surface area (Å²) in [7, 11) is 0. The summed E-state index contributed by atoms with van der Waals surface area (Å²) in [5, 5.41) is 0.477. The van der Waals surface area contributed by atoms with Gasteiger partial charge in [0, 0.05) is 10.9 Å². The van der Waals surface area contributed by atoms with E-state index in [-0.39, 0.29) is 11.6 Å². The Labute approximate surface area is 189 Å². The first-order valence-electron chi connectivity index (χ1n) is 9.61. The number of benzene rings is 4. The molecular weight excluding hydrogens is 462 g/mol. The molecule has 4 aromatic carbocycles. The van der Waals surface area contributed by atoms with Crippen molar-refractivity contribution < 1.29 is 18.3 Å². The Morgan fingerprint density at radius 2 is 1.10 bits per heavy atom. The zero-order valence-electron chi connectivity index (χ0n) is 16.9. The van der Waals surface area contributed by atoms with Crippen molar-refractivity contribution in [2.45, 2.75) is 12.3 Å². The van der Waals surface area contributed by atoms with Crippen LogP contribution in [0.2, 0.25) is 0 Å². The van der Waals surface area contributed by atoms with Crippen LogP contribution in [-0.4, -0.2) is 0 Å². The zero-order valence-corrected chi connectivity index (χ0v) is 18.5. The van der Waals surface area contributed by atoms with E-state index in [1.54, 1.807) is 31.2 Å². The second-order valence-corrected chi connectivity index (χ2v) is 7.19. The van der Waals surface area contributed by atoms with E-state index in [9.17, 15) is 8.78 Å². The fourth-order valence-corrected chi connectivity index (χ4v) is 3.08. The average Bonchev–Trinajstić information content (AvgIpc) is 2.79. The van der Waals surface area contributed by atoms with Crippen molar-refractivity contribution in [1.82, 2.24) is 0 Å². The molecule has 0 amide bonds. The lowest BCUT2D eigenvalue weighted by atomic mass is 10.2. The third-order valence-corrected chi connectivity index (χ3v) is 4.85. The average molecular weight is 483 g/mol. The Morgan fingerprint density at radius 1 is 0.613 bits per heavy atom. The topological polar surface area (TPSA) is 18.5 Å². The molecule has 0 spiro atoms. The van der Waals surface area contributed by atoms with Gasteiger partial charge in [-0.3, -0.25) is 0 Å². The number of halogens is 3. The SMILES string of the molecule is Cc1cc(Oc2ccccc2)ccc1F.Fc1ccc(Oc2ccccc2)cc1CBr. The molecular formula is C26H21BrF2O2. The van der Waals surface area contributed by atoms with Crippen molar-refractivity contribution in [3.63, 3.8) is 0 Å². The van der Waals surface area contributed by atoms with Crippen LogP contribution in [0.25, 0.3) is 0 Å². The standard InChI is InChI=1S/C13H10BrFO.C13H11FO/c14-9-10-8-12(6-7-13(10)15)16-11-4-2-1-3-5-11;1-10-9-12(7-8-13(10)14)15-11-5-3-2-4-6-11/h1-8H,9H2;2-9H,1H3. The summed E-state index contributed by atoms with van der Waals surface area (Å²) >= 11 is 3.23. The molecule has 0 radical (unpaired) electrons. The summed E-state index contributed by atoms with van der Waals surface area (Å²) in [5.74, 6) is 2.35. The second-order valence-electron chi connectivity index (χ2n) is 6.63. The second kappa shape index (κ2) is 11.3. The third kappa shape index (κ3) is 6.93. The van der Waals surface area contributed by atoms with Gasteiger partial charge in [-0.2, -0.15) is 0 Å². The lowest BCUT2D eigenvalue weighted by molar-refractivity contribution is 0.479. The highest BCUT2D eigenvalue weighted by Crippen LogP contribution is 2.25. The Bertz CT molecular complexity index is 1100. The van der Waals surface area contributed by atoms with E-state index < -0.39 is 0 Å². The fraction of sp³-hybridized carbons (Fsp3) is 0.0769. The highest BCUT2D eigenvalue weighted by atomic mass is 79.9. The Balaban J connectivity index is 0.000000176. The highest BCUT2D eigenvalue weighted by Gasteiger charge is 2.04. The molecule has 5 heteroatoms. The molecule has 0 heterocycles. The van der Waals surface area contributed by atoms with E-state index in [1.807, 2.05) is 60.7 Å². The number of para-hydroxylation sites is 2. The van der Waals surface area contributed by atoms with Gasteiger partial charge < -0.3 is 9.47 Å². The van der Waals surface area contributed by atoms with E-state index in [1.165, 1.54) is 12.1 Å². The Hall–Kier alpha value is -3.18. The summed E-state index contributed by atoms with van der Waals surface area (Å²) in [6.07, 6.45) is 0. The molecule has 0 aliphatic heterocycles. The Kier molecular flexibility index (Phi) is 8.19. The van der Waals surface area contributed by atoms with Crippen molar-refractivity contribution >= 4 is 15.9 Å². The minimum Gasteiger partial charge on any atom is -0.457 e. The van der Waals surface area contributed by atoms with Crippen molar-refractivity contribution in [3.8, 4) is 23.0 Å².